The van der Waals surface area contributed by atoms with Gasteiger partial charge in [0, 0.05) is 41.3 Å². The number of hydrogen-bond donors (Lipinski definition) is 3. The molecule has 28 heavy (non-hydrogen) atoms. The van der Waals surface area contributed by atoms with Crippen LogP contribution in [0.25, 0.3) is 17.0 Å². The normalized spacial score (nSPS) is 11.4. The Morgan fingerprint density at radius 1 is 1.07 bits per heavy atom. The summed E-state index contributed by atoms with van der Waals surface area (Å²) in [6.45, 7) is 2.76. The van der Waals surface area contributed by atoms with E-state index in [9.17, 15) is 9.59 Å². The van der Waals surface area contributed by atoms with Crippen molar-refractivity contribution in [3.05, 3.63) is 77.6 Å². The van der Waals surface area contributed by atoms with Crippen molar-refractivity contribution in [1.29, 1.82) is 0 Å². The Morgan fingerprint density at radius 2 is 1.79 bits per heavy atom. The van der Waals surface area contributed by atoms with Gasteiger partial charge in [-0.15, -0.1) is 0 Å². The first-order chi connectivity index (χ1) is 13.6. The molecule has 3 aromatic rings. The molecule has 1 aromatic heterocycles. The van der Waals surface area contributed by atoms with E-state index in [1.807, 2.05) is 43.5 Å². The highest BCUT2D eigenvalue weighted by atomic mass is 16.3. The first-order valence-electron chi connectivity index (χ1n) is 9.19. The maximum absolute atomic E-state index is 12.6. The van der Waals surface area contributed by atoms with Gasteiger partial charge in [-0.1, -0.05) is 36.4 Å². The summed E-state index contributed by atoms with van der Waals surface area (Å²) >= 11 is 0. The predicted octanol–water partition coefficient (Wildman–Crippen LogP) is 2.54. The van der Waals surface area contributed by atoms with Gasteiger partial charge in [0.25, 0.3) is 11.8 Å². The molecule has 0 bridgehead atoms. The van der Waals surface area contributed by atoms with Gasteiger partial charge in [0.05, 0.1) is 6.61 Å². The van der Waals surface area contributed by atoms with Crippen LogP contribution in [0.15, 0.2) is 66.5 Å². The van der Waals surface area contributed by atoms with Gasteiger partial charge < -0.3 is 20.3 Å². The first kappa shape index (κ1) is 19.4. The Balaban J connectivity index is 1.99. The third kappa shape index (κ3) is 4.29. The summed E-state index contributed by atoms with van der Waals surface area (Å²) in [5.41, 5.74) is 2.47. The van der Waals surface area contributed by atoms with Crippen molar-refractivity contribution in [3.63, 3.8) is 0 Å². The zero-order valence-corrected chi connectivity index (χ0v) is 15.7. The summed E-state index contributed by atoms with van der Waals surface area (Å²) < 4.78 is 2.09. The summed E-state index contributed by atoms with van der Waals surface area (Å²) in [6, 6.07) is 16.6. The number of para-hydroxylation sites is 1. The van der Waals surface area contributed by atoms with Crippen LogP contribution in [0.4, 0.5) is 0 Å². The summed E-state index contributed by atoms with van der Waals surface area (Å²) in [5.74, 6) is -0.822. The van der Waals surface area contributed by atoms with Crippen molar-refractivity contribution < 1.29 is 14.7 Å². The van der Waals surface area contributed by atoms with Crippen molar-refractivity contribution in [3.8, 4) is 0 Å². The van der Waals surface area contributed by atoms with Gasteiger partial charge in [-0.2, -0.15) is 0 Å². The van der Waals surface area contributed by atoms with Gasteiger partial charge in [0.15, 0.2) is 0 Å². The average Bonchev–Trinajstić information content (AvgIpc) is 3.09. The van der Waals surface area contributed by atoms with E-state index in [0.29, 0.717) is 5.56 Å². The Morgan fingerprint density at radius 3 is 2.50 bits per heavy atom. The fraction of sp³-hybridized carbons (Fsp3) is 0.182. The van der Waals surface area contributed by atoms with Crippen LogP contribution >= 0.6 is 0 Å². The van der Waals surface area contributed by atoms with Crippen molar-refractivity contribution in [1.82, 2.24) is 15.2 Å². The summed E-state index contributed by atoms with van der Waals surface area (Å²) in [5, 5.41) is 15.3. The Labute approximate surface area is 163 Å². The lowest BCUT2D eigenvalue weighted by Crippen LogP contribution is -2.36. The Kier molecular flexibility index (Phi) is 6.24. The van der Waals surface area contributed by atoms with Crippen LogP contribution in [0, 0.1) is 0 Å². The minimum absolute atomic E-state index is 0.105. The molecule has 3 rings (SSSR count). The number of benzene rings is 2. The van der Waals surface area contributed by atoms with Crippen molar-refractivity contribution >= 4 is 28.8 Å². The van der Waals surface area contributed by atoms with Crippen LogP contribution in [-0.4, -0.2) is 34.6 Å². The van der Waals surface area contributed by atoms with Crippen LogP contribution in [0.3, 0.4) is 0 Å². The topological polar surface area (TPSA) is 83.4 Å². The lowest BCUT2D eigenvalue weighted by molar-refractivity contribution is -0.117. The van der Waals surface area contributed by atoms with E-state index in [0.717, 1.165) is 23.0 Å². The molecule has 2 aromatic carbocycles. The van der Waals surface area contributed by atoms with Crippen LogP contribution < -0.4 is 10.6 Å². The number of carbonyl (C=O) groups is 2. The number of nitrogens with zero attached hydrogens (tertiary/aromatic N) is 1. The minimum atomic E-state index is -0.452. The van der Waals surface area contributed by atoms with E-state index in [2.05, 4.69) is 15.2 Å². The van der Waals surface area contributed by atoms with E-state index < -0.39 is 5.91 Å². The molecule has 0 radical (unpaired) electrons. The van der Waals surface area contributed by atoms with Crippen LogP contribution in [0.2, 0.25) is 0 Å². The molecule has 0 aliphatic carbocycles. The van der Waals surface area contributed by atoms with Gasteiger partial charge >= 0.3 is 0 Å². The van der Waals surface area contributed by atoms with E-state index in [-0.39, 0.29) is 24.8 Å². The lowest BCUT2D eigenvalue weighted by Gasteiger charge is -2.10. The molecule has 0 atom stereocenters. The highest BCUT2D eigenvalue weighted by molar-refractivity contribution is 6.06. The molecule has 6 heteroatoms. The quantitative estimate of drug-likeness (QED) is 0.553. The number of fused-ring (bicyclic) bond motifs is 1. The largest absolute Gasteiger partial charge is 0.395 e. The highest BCUT2D eigenvalue weighted by Gasteiger charge is 2.15. The number of hydrogen-bond acceptors (Lipinski definition) is 3. The smallest absolute Gasteiger partial charge is 0.267 e. The molecule has 0 aliphatic heterocycles. The zero-order valence-electron chi connectivity index (χ0n) is 15.7. The van der Waals surface area contributed by atoms with E-state index in [1.165, 1.54) is 0 Å². The SMILES string of the molecule is CCn1cc(C=C(NC(=O)c2ccccc2)C(=O)NCCO)c2ccccc21. The molecule has 0 fully saturated rings. The number of aliphatic hydroxyl groups excluding tert-OH is 1. The third-order valence-electron chi connectivity index (χ3n) is 4.39. The van der Waals surface area contributed by atoms with Crippen molar-refractivity contribution in [2.24, 2.45) is 0 Å². The monoisotopic (exact) mass is 377 g/mol. The number of carbonyl (C=O) groups excluding carboxylic acids is 2. The second kappa shape index (κ2) is 9.01. The second-order valence-corrected chi connectivity index (χ2v) is 6.25. The standard InChI is InChI=1S/C22H23N3O3/c1-2-25-15-17(18-10-6-7-11-20(18)25)14-19(22(28)23-12-13-26)24-21(27)16-8-4-3-5-9-16/h3-11,14-15,26H,2,12-13H2,1H3,(H,23,28)(H,24,27). The van der Waals surface area contributed by atoms with Gasteiger partial charge in [0.2, 0.25) is 0 Å². The predicted molar refractivity (Wildman–Crippen MR) is 110 cm³/mol. The van der Waals surface area contributed by atoms with Crippen LogP contribution in [0.1, 0.15) is 22.8 Å². The molecular weight excluding hydrogens is 354 g/mol. The van der Waals surface area contributed by atoms with Gasteiger partial charge in [-0.25, -0.2) is 0 Å². The van der Waals surface area contributed by atoms with Crippen LogP contribution in [0.5, 0.6) is 0 Å². The zero-order chi connectivity index (χ0) is 19.9. The number of rotatable bonds is 7. The number of nitrogens with one attached hydrogen (secondary N) is 2. The number of aromatic nitrogens is 1. The van der Waals surface area contributed by atoms with Crippen molar-refractivity contribution in [2.75, 3.05) is 13.2 Å². The maximum Gasteiger partial charge on any atom is 0.267 e. The summed E-state index contributed by atoms with van der Waals surface area (Å²) in [4.78, 5) is 25.1. The number of amides is 2. The fourth-order valence-electron chi connectivity index (χ4n) is 3.01. The Bertz CT molecular complexity index is 1010. The second-order valence-electron chi connectivity index (χ2n) is 6.25. The molecule has 0 saturated carbocycles. The minimum Gasteiger partial charge on any atom is -0.395 e. The van der Waals surface area contributed by atoms with Gasteiger partial charge in [-0.05, 0) is 31.2 Å². The molecule has 0 aliphatic rings. The molecule has 0 spiro atoms. The highest BCUT2D eigenvalue weighted by Crippen LogP contribution is 2.23. The molecular formula is C22H23N3O3. The molecule has 0 saturated heterocycles. The molecule has 6 nitrogen and oxygen atoms in total. The van der Waals surface area contributed by atoms with Gasteiger partial charge in [0.1, 0.15) is 5.70 Å². The fourth-order valence-corrected chi connectivity index (χ4v) is 3.01. The number of aliphatic hydroxyl groups is 1. The van der Waals surface area contributed by atoms with Crippen LogP contribution in [-0.2, 0) is 11.3 Å². The summed E-state index contributed by atoms with van der Waals surface area (Å²) in [7, 11) is 0. The number of aryl methyl sites for hydroxylation is 1. The van der Waals surface area contributed by atoms with E-state index in [1.54, 1.807) is 30.3 Å². The molecule has 1 heterocycles. The Hall–Kier alpha value is -3.38. The molecule has 0 unspecified atom stereocenters. The van der Waals surface area contributed by atoms with Gasteiger partial charge in [-0.3, -0.25) is 9.59 Å². The first-order valence-corrected chi connectivity index (χ1v) is 9.19. The third-order valence-corrected chi connectivity index (χ3v) is 4.39. The maximum atomic E-state index is 12.6. The molecule has 3 N–H and O–H groups in total. The molecule has 2 amide bonds. The van der Waals surface area contributed by atoms with Crippen molar-refractivity contribution in [2.45, 2.75) is 13.5 Å². The lowest BCUT2D eigenvalue weighted by atomic mass is 10.1. The summed E-state index contributed by atoms with van der Waals surface area (Å²) in [6.07, 6.45) is 3.63. The molecule has 144 valence electrons. The van der Waals surface area contributed by atoms with E-state index in [4.69, 9.17) is 5.11 Å². The average molecular weight is 377 g/mol. The van der Waals surface area contributed by atoms with E-state index >= 15 is 0 Å².